The molecular weight excluding hydrogens is 390 g/mol. The minimum atomic E-state index is 0.393. The number of pyridine rings is 1. The topological polar surface area (TPSA) is 91.0 Å². The standard InChI is InChI=1S/C23H19N7O/c1-16(28-31-15-17-6-3-2-4-7-17)21-13-25-22-23(26-21)30(29-27-22)14-18-9-10-20-19(12-18)8-5-11-24-20/h2-13H,14-15H2,1H3/b28-16+. The molecule has 0 radical (unpaired) electrons. The predicted molar refractivity (Wildman–Crippen MR) is 117 cm³/mol. The second-order valence-electron chi connectivity index (χ2n) is 7.12. The second kappa shape index (κ2) is 8.27. The number of oxime groups is 1. The molecule has 0 N–H and O–H groups in total. The zero-order valence-electron chi connectivity index (χ0n) is 16.9. The highest BCUT2D eigenvalue weighted by Gasteiger charge is 2.11. The Labute approximate surface area is 178 Å². The monoisotopic (exact) mass is 409 g/mol. The van der Waals surface area contributed by atoms with Crippen LogP contribution in [0.25, 0.3) is 22.2 Å². The van der Waals surface area contributed by atoms with E-state index < -0.39 is 0 Å². The van der Waals surface area contributed by atoms with Crippen molar-refractivity contribution in [2.45, 2.75) is 20.1 Å². The van der Waals surface area contributed by atoms with Crippen LogP contribution in [0.3, 0.4) is 0 Å². The van der Waals surface area contributed by atoms with Gasteiger partial charge >= 0.3 is 0 Å². The van der Waals surface area contributed by atoms with Crippen LogP contribution in [0.5, 0.6) is 0 Å². The van der Waals surface area contributed by atoms with E-state index in [0.29, 0.717) is 35.9 Å². The summed E-state index contributed by atoms with van der Waals surface area (Å²) >= 11 is 0. The fourth-order valence-electron chi connectivity index (χ4n) is 3.26. The number of hydrogen-bond donors (Lipinski definition) is 0. The van der Waals surface area contributed by atoms with E-state index in [0.717, 1.165) is 22.0 Å². The molecule has 152 valence electrons. The van der Waals surface area contributed by atoms with Gasteiger partial charge in [-0.2, -0.15) is 0 Å². The van der Waals surface area contributed by atoms with E-state index in [9.17, 15) is 0 Å². The molecule has 0 amide bonds. The molecule has 0 unspecified atom stereocenters. The molecule has 3 aromatic heterocycles. The Morgan fingerprint density at radius 2 is 1.90 bits per heavy atom. The van der Waals surface area contributed by atoms with Gasteiger partial charge in [0.15, 0.2) is 5.65 Å². The van der Waals surface area contributed by atoms with Gasteiger partial charge in [0.05, 0.1) is 18.3 Å². The zero-order chi connectivity index (χ0) is 21.0. The van der Waals surface area contributed by atoms with Crippen LogP contribution in [0.4, 0.5) is 0 Å². The van der Waals surface area contributed by atoms with E-state index in [1.807, 2.05) is 61.5 Å². The number of aromatic nitrogens is 6. The van der Waals surface area contributed by atoms with Crippen molar-refractivity contribution in [1.82, 2.24) is 29.9 Å². The number of nitrogens with zero attached hydrogens (tertiary/aromatic N) is 7. The smallest absolute Gasteiger partial charge is 0.221 e. The lowest BCUT2D eigenvalue weighted by molar-refractivity contribution is 0.130. The minimum Gasteiger partial charge on any atom is -0.391 e. The number of hydrogen-bond acceptors (Lipinski definition) is 7. The van der Waals surface area contributed by atoms with Gasteiger partial charge < -0.3 is 4.84 Å². The van der Waals surface area contributed by atoms with Gasteiger partial charge in [0.2, 0.25) is 5.65 Å². The fraction of sp³-hybridized carbons (Fsp3) is 0.130. The molecular formula is C23H19N7O. The molecule has 0 saturated carbocycles. The highest BCUT2D eigenvalue weighted by Crippen LogP contribution is 2.16. The van der Waals surface area contributed by atoms with Crippen molar-refractivity contribution in [3.8, 4) is 0 Å². The van der Waals surface area contributed by atoms with Crippen molar-refractivity contribution in [1.29, 1.82) is 0 Å². The van der Waals surface area contributed by atoms with Crippen LogP contribution in [-0.2, 0) is 18.0 Å². The zero-order valence-corrected chi connectivity index (χ0v) is 16.9. The SMILES string of the molecule is C/C(=N\OCc1ccccc1)c1cnc2nnn(Cc3ccc4ncccc4c3)c2n1. The van der Waals surface area contributed by atoms with Crippen LogP contribution in [0, 0.1) is 0 Å². The van der Waals surface area contributed by atoms with Crippen LogP contribution in [-0.4, -0.2) is 35.7 Å². The van der Waals surface area contributed by atoms with Crippen molar-refractivity contribution < 1.29 is 4.84 Å². The summed E-state index contributed by atoms with van der Waals surface area (Å²) in [4.78, 5) is 18.9. The maximum Gasteiger partial charge on any atom is 0.221 e. The molecule has 5 aromatic rings. The molecule has 2 aromatic carbocycles. The second-order valence-corrected chi connectivity index (χ2v) is 7.12. The summed E-state index contributed by atoms with van der Waals surface area (Å²) in [7, 11) is 0. The van der Waals surface area contributed by atoms with E-state index in [-0.39, 0.29) is 0 Å². The third-order valence-corrected chi connectivity index (χ3v) is 4.87. The van der Waals surface area contributed by atoms with Crippen molar-refractivity contribution in [2.24, 2.45) is 5.16 Å². The molecule has 3 heterocycles. The predicted octanol–water partition coefficient (Wildman–Crippen LogP) is 3.76. The van der Waals surface area contributed by atoms with Crippen LogP contribution >= 0.6 is 0 Å². The van der Waals surface area contributed by atoms with E-state index in [1.54, 1.807) is 17.1 Å². The normalized spacial score (nSPS) is 11.8. The third kappa shape index (κ3) is 4.09. The summed E-state index contributed by atoms with van der Waals surface area (Å²) in [5, 5.41) is 13.6. The van der Waals surface area contributed by atoms with Gasteiger partial charge in [0, 0.05) is 11.6 Å². The van der Waals surface area contributed by atoms with Crippen LogP contribution in [0.2, 0.25) is 0 Å². The fourth-order valence-corrected chi connectivity index (χ4v) is 3.26. The van der Waals surface area contributed by atoms with Gasteiger partial charge in [-0.1, -0.05) is 52.8 Å². The first kappa shape index (κ1) is 18.8. The van der Waals surface area contributed by atoms with Crippen LogP contribution in [0.15, 0.2) is 78.2 Å². The first-order valence-electron chi connectivity index (χ1n) is 9.87. The van der Waals surface area contributed by atoms with Crippen LogP contribution in [0.1, 0.15) is 23.7 Å². The van der Waals surface area contributed by atoms with Gasteiger partial charge in [0.1, 0.15) is 18.0 Å². The molecule has 0 fully saturated rings. The van der Waals surface area contributed by atoms with Gasteiger partial charge in [-0.3, -0.25) is 4.98 Å². The summed E-state index contributed by atoms with van der Waals surface area (Å²) in [6.07, 6.45) is 3.42. The van der Waals surface area contributed by atoms with Gasteiger partial charge in [-0.15, -0.1) is 5.10 Å². The Bertz CT molecular complexity index is 1380. The summed E-state index contributed by atoms with van der Waals surface area (Å²) in [6.45, 7) is 2.76. The molecule has 8 nitrogen and oxygen atoms in total. The van der Waals surface area contributed by atoms with Crippen molar-refractivity contribution in [3.05, 3.63) is 89.9 Å². The average Bonchev–Trinajstić information content (AvgIpc) is 3.21. The highest BCUT2D eigenvalue weighted by atomic mass is 16.6. The number of fused-ring (bicyclic) bond motifs is 2. The lowest BCUT2D eigenvalue weighted by atomic mass is 10.1. The summed E-state index contributed by atoms with van der Waals surface area (Å²) in [5.74, 6) is 0. The first-order valence-corrected chi connectivity index (χ1v) is 9.87. The molecule has 0 bridgehead atoms. The molecule has 0 atom stereocenters. The Morgan fingerprint density at radius 3 is 2.81 bits per heavy atom. The number of rotatable bonds is 6. The molecule has 0 spiro atoms. The van der Waals surface area contributed by atoms with E-state index >= 15 is 0 Å². The molecule has 0 saturated heterocycles. The third-order valence-electron chi connectivity index (χ3n) is 4.87. The van der Waals surface area contributed by atoms with E-state index in [1.165, 1.54) is 0 Å². The summed E-state index contributed by atoms with van der Waals surface area (Å²) in [6, 6.07) is 20.0. The Balaban J connectivity index is 1.37. The number of benzene rings is 2. The van der Waals surface area contributed by atoms with Crippen molar-refractivity contribution >= 4 is 27.9 Å². The maximum absolute atomic E-state index is 5.47. The maximum atomic E-state index is 5.47. The minimum absolute atomic E-state index is 0.393. The summed E-state index contributed by atoms with van der Waals surface area (Å²) < 4.78 is 1.74. The van der Waals surface area contributed by atoms with Crippen LogP contribution < -0.4 is 0 Å². The Morgan fingerprint density at radius 1 is 1.00 bits per heavy atom. The molecule has 8 heteroatoms. The molecule has 0 aliphatic carbocycles. The lowest BCUT2D eigenvalue weighted by Crippen LogP contribution is -2.06. The average molecular weight is 409 g/mol. The summed E-state index contributed by atoms with van der Waals surface area (Å²) in [5.41, 5.74) is 5.43. The Hall–Kier alpha value is -4.20. The largest absolute Gasteiger partial charge is 0.391 e. The first-order chi connectivity index (χ1) is 15.3. The van der Waals surface area contributed by atoms with Gasteiger partial charge in [-0.25, -0.2) is 14.6 Å². The molecule has 5 rings (SSSR count). The van der Waals surface area contributed by atoms with E-state index in [2.05, 4.69) is 36.5 Å². The highest BCUT2D eigenvalue weighted by molar-refractivity contribution is 5.97. The van der Waals surface area contributed by atoms with Crippen molar-refractivity contribution in [3.63, 3.8) is 0 Å². The van der Waals surface area contributed by atoms with E-state index in [4.69, 9.17) is 4.84 Å². The molecule has 31 heavy (non-hydrogen) atoms. The quantitative estimate of drug-likeness (QED) is 0.313. The van der Waals surface area contributed by atoms with Crippen molar-refractivity contribution in [2.75, 3.05) is 0 Å². The molecule has 0 aliphatic heterocycles. The Kier molecular flexibility index (Phi) is 5.02. The molecule has 0 aliphatic rings. The van der Waals surface area contributed by atoms with Gasteiger partial charge in [-0.05, 0) is 36.2 Å². The van der Waals surface area contributed by atoms with Gasteiger partial charge in [0.25, 0.3) is 0 Å². The lowest BCUT2D eigenvalue weighted by Gasteiger charge is -2.05.